The lowest BCUT2D eigenvalue weighted by Gasteiger charge is -2.09. The lowest BCUT2D eigenvalue weighted by molar-refractivity contribution is -0.118. The van der Waals surface area contributed by atoms with Gasteiger partial charge in [-0.05, 0) is 30.7 Å². The molecule has 0 aromatic heterocycles. The predicted molar refractivity (Wildman–Crippen MR) is 77.4 cm³/mol. The molecule has 0 saturated carbocycles. The highest BCUT2D eigenvalue weighted by Gasteiger charge is 2.25. The van der Waals surface area contributed by atoms with Gasteiger partial charge in [0.15, 0.2) is 5.78 Å². The smallest absolute Gasteiger partial charge is 0.153 e. The van der Waals surface area contributed by atoms with Crippen molar-refractivity contribution in [2.24, 2.45) is 0 Å². The summed E-state index contributed by atoms with van der Waals surface area (Å²) in [4.78, 5) is 11.6. The Hall–Kier alpha value is -2.33. The number of hydrogen-bond donors (Lipinski definition) is 2. The maximum absolute atomic E-state index is 11.6. The summed E-state index contributed by atoms with van der Waals surface area (Å²) in [6.45, 7) is 2.09. The lowest BCUT2D eigenvalue weighted by atomic mass is 10.0. The first-order chi connectivity index (χ1) is 9.74. The van der Waals surface area contributed by atoms with Gasteiger partial charge in [-0.3, -0.25) is 4.79 Å². The summed E-state index contributed by atoms with van der Waals surface area (Å²) in [5.74, 6) is 0.848. The molecule has 102 valence electrons. The van der Waals surface area contributed by atoms with E-state index in [1.165, 1.54) is 0 Å². The van der Waals surface area contributed by atoms with E-state index in [4.69, 9.17) is 4.74 Å². The van der Waals surface area contributed by atoms with Crippen molar-refractivity contribution in [1.29, 1.82) is 0 Å². The topological polar surface area (TPSA) is 50.4 Å². The van der Waals surface area contributed by atoms with Gasteiger partial charge in [0.05, 0.1) is 5.69 Å². The maximum atomic E-state index is 11.6. The molecule has 20 heavy (non-hydrogen) atoms. The van der Waals surface area contributed by atoms with Crippen LogP contribution in [0.4, 0.5) is 5.69 Å². The third kappa shape index (κ3) is 2.51. The number of carbonyl (C=O) groups excluding carboxylic acids is 1. The van der Waals surface area contributed by atoms with Gasteiger partial charge in [0.2, 0.25) is 0 Å². The minimum Gasteiger partial charge on any atom is -0.489 e. The van der Waals surface area contributed by atoms with Crippen LogP contribution in [0.3, 0.4) is 0 Å². The Morgan fingerprint density at radius 2 is 2.00 bits per heavy atom. The molecule has 0 radical (unpaired) electrons. The summed E-state index contributed by atoms with van der Waals surface area (Å²) in [7, 11) is 0. The van der Waals surface area contributed by atoms with Crippen LogP contribution in [-0.2, 0) is 11.4 Å². The minimum absolute atomic E-state index is 0.0801. The highest BCUT2D eigenvalue weighted by molar-refractivity contribution is 5.86. The fourth-order valence-electron chi connectivity index (χ4n) is 2.27. The second kappa shape index (κ2) is 5.35. The number of hydrogen-bond acceptors (Lipinski definition) is 4. The average Bonchev–Trinajstić information content (AvgIpc) is 2.89. The van der Waals surface area contributed by atoms with Crippen molar-refractivity contribution in [3.05, 3.63) is 59.7 Å². The third-order valence-electron chi connectivity index (χ3n) is 3.34. The number of Topliss-reactive ketones (excluding diaryl/α,β-unsaturated/α-hetero) is 1. The van der Waals surface area contributed by atoms with E-state index >= 15 is 0 Å². The third-order valence-corrected chi connectivity index (χ3v) is 3.34. The molecule has 4 nitrogen and oxygen atoms in total. The number of ketones is 1. The number of fused-ring (bicyclic) bond motifs is 1. The molecule has 0 spiro atoms. The van der Waals surface area contributed by atoms with Crippen LogP contribution in [0.25, 0.3) is 0 Å². The molecule has 1 aliphatic heterocycles. The summed E-state index contributed by atoms with van der Waals surface area (Å²) in [5, 5.41) is 0. The van der Waals surface area contributed by atoms with E-state index in [9.17, 15) is 4.79 Å². The molecule has 0 bridgehead atoms. The van der Waals surface area contributed by atoms with Crippen LogP contribution in [0.2, 0.25) is 0 Å². The second-order valence-electron chi connectivity index (χ2n) is 4.84. The largest absolute Gasteiger partial charge is 0.489 e. The Morgan fingerprint density at radius 1 is 1.20 bits per heavy atom. The summed E-state index contributed by atoms with van der Waals surface area (Å²) in [5.41, 5.74) is 8.95. The second-order valence-corrected chi connectivity index (χ2v) is 4.84. The number of anilines is 1. The molecule has 2 aromatic carbocycles. The number of rotatable bonds is 4. The van der Waals surface area contributed by atoms with Gasteiger partial charge in [-0.2, -0.15) is 0 Å². The molecular weight excluding hydrogens is 252 g/mol. The van der Waals surface area contributed by atoms with Crippen LogP contribution in [0.15, 0.2) is 48.5 Å². The van der Waals surface area contributed by atoms with Crippen molar-refractivity contribution in [3.63, 3.8) is 0 Å². The minimum atomic E-state index is -0.301. The summed E-state index contributed by atoms with van der Waals surface area (Å²) >= 11 is 0. The Bertz CT molecular complexity index is 626. The summed E-state index contributed by atoms with van der Waals surface area (Å²) in [6, 6.07) is 15.4. The van der Waals surface area contributed by atoms with E-state index < -0.39 is 0 Å². The molecule has 0 saturated heterocycles. The van der Waals surface area contributed by atoms with E-state index in [1.807, 2.05) is 48.5 Å². The first-order valence-electron chi connectivity index (χ1n) is 6.57. The zero-order valence-electron chi connectivity index (χ0n) is 11.2. The van der Waals surface area contributed by atoms with Crippen LogP contribution < -0.4 is 15.6 Å². The van der Waals surface area contributed by atoms with Gasteiger partial charge in [-0.15, -0.1) is 0 Å². The Labute approximate surface area is 117 Å². The molecule has 4 heteroatoms. The molecule has 0 amide bonds. The molecule has 0 aliphatic carbocycles. The van der Waals surface area contributed by atoms with Crippen LogP contribution in [0.5, 0.6) is 5.75 Å². The molecule has 1 aliphatic rings. The highest BCUT2D eigenvalue weighted by Crippen LogP contribution is 2.32. The molecule has 0 fully saturated rings. The molecule has 1 unspecified atom stereocenters. The van der Waals surface area contributed by atoms with Crippen LogP contribution in [0.1, 0.15) is 24.1 Å². The quantitative estimate of drug-likeness (QED) is 0.895. The van der Waals surface area contributed by atoms with Crippen molar-refractivity contribution < 1.29 is 9.53 Å². The summed E-state index contributed by atoms with van der Waals surface area (Å²) < 4.78 is 5.78. The van der Waals surface area contributed by atoms with E-state index in [0.29, 0.717) is 6.61 Å². The van der Waals surface area contributed by atoms with Gasteiger partial charge in [0.1, 0.15) is 18.4 Å². The van der Waals surface area contributed by atoms with Gasteiger partial charge in [-0.1, -0.05) is 30.3 Å². The number of ether oxygens (including phenoxy) is 1. The number of hydrazine groups is 1. The van der Waals surface area contributed by atoms with Crippen molar-refractivity contribution in [2.45, 2.75) is 19.6 Å². The fourth-order valence-corrected chi connectivity index (χ4v) is 2.27. The Morgan fingerprint density at radius 3 is 2.75 bits per heavy atom. The van der Waals surface area contributed by atoms with Gasteiger partial charge >= 0.3 is 0 Å². The van der Waals surface area contributed by atoms with E-state index in [-0.39, 0.29) is 11.8 Å². The Kier molecular flexibility index (Phi) is 3.39. The summed E-state index contributed by atoms with van der Waals surface area (Å²) in [6.07, 6.45) is 0. The molecule has 1 atom stereocenters. The monoisotopic (exact) mass is 268 g/mol. The van der Waals surface area contributed by atoms with Crippen molar-refractivity contribution in [1.82, 2.24) is 5.43 Å². The maximum Gasteiger partial charge on any atom is 0.153 e. The highest BCUT2D eigenvalue weighted by atomic mass is 16.5. The Balaban J connectivity index is 1.76. The van der Waals surface area contributed by atoms with E-state index in [2.05, 4.69) is 10.9 Å². The van der Waals surface area contributed by atoms with Crippen LogP contribution in [0, 0.1) is 0 Å². The SMILES string of the molecule is CC(=O)C1NNc2ccc(OCc3ccccc3)cc21. The normalized spacial score (nSPS) is 16.4. The fraction of sp³-hybridized carbons (Fsp3) is 0.188. The standard InChI is InChI=1S/C16H16N2O2/c1-11(19)16-14-9-13(7-8-15(14)17-18-16)20-10-12-5-3-2-4-6-12/h2-9,16-18H,10H2,1H3. The predicted octanol–water partition coefficient (Wildman–Crippen LogP) is 2.83. The van der Waals surface area contributed by atoms with Crippen molar-refractivity contribution in [3.8, 4) is 5.75 Å². The lowest BCUT2D eigenvalue weighted by Crippen LogP contribution is -2.24. The molecule has 2 N–H and O–H groups in total. The van der Waals surface area contributed by atoms with E-state index in [0.717, 1.165) is 22.6 Å². The molecule has 1 heterocycles. The molecule has 3 rings (SSSR count). The molecule has 2 aromatic rings. The average molecular weight is 268 g/mol. The molecular formula is C16H16N2O2. The first-order valence-corrected chi connectivity index (χ1v) is 6.57. The number of carbonyl (C=O) groups is 1. The zero-order valence-corrected chi connectivity index (χ0v) is 11.2. The van der Waals surface area contributed by atoms with Crippen molar-refractivity contribution >= 4 is 11.5 Å². The van der Waals surface area contributed by atoms with E-state index in [1.54, 1.807) is 6.92 Å². The van der Waals surface area contributed by atoms with Crippen molar-refractivity contribution in [2.75, 3.05) is 5.43 Å². The zero-order chi connectivity index (χ0) is 13.9. The van der Waals surface area contributed by atoms with Gasteiger partial charge in [-0.25, -0.2) is 5.43 Å². The van der Waals surface area contributed by atoms with Crippen LogP contribution >= 0.6 is 0 Å². The van der Waals surface area contributed by atoms with Gasteiger partial charge in [0.25, 0.3) is 0 Å². The first kappa shape index (κ1) is 12.7. The number of benzene rings is 2. The number of nitrogens with one attached hydrogen (secondary N) is 2. The van der Waals surface area contributed by atoms with Gasteiger partial charge < -0.3 is 10.2 Å². The van der Waals surface area contributed by atoms with Gasteiger partial charge in [0, 0.05) is 5.56 Å². The van der Waals surface area contributed by atoms with Crippen LogP contribution in [-0.4, -0.2) is 5.78 Å².